The number of thiophene rings is 2. The third-order valence-electron chi connectivity index (χ3n) is 7.96. The van der Waals surface area contributed by atoms with Crippen LogP contribution in [0.15, 0.2) is 127 Å². The number of hydrogen-bond donors (Lipinski definition) is 2. The number of nitriles is 2. The van der Waals surface area contributed by atoms with E-state index in [-0.39, 0.29) is 26.3 Å². The molecule has 0 bridgehead atoms. The number of halogens is 4. The van der Waals surface area contributed by atoms with Crippen LogP contribution in [0.2, 0.25) is 10.0 Å². The lowest BCUT2D eigenvalue weighted by Gasteiger charge is -2.18. The molecule has 0 unspecified atom stereocenters. The molecule has 6 aromatic rings. The Morgan fingerprint density at radius 1 is 0.644 bits per heavy atom. The van der Waals surface area contributed by atoms with Crippen LogP contribution in [0.3, 0.4) is 0 Å². The van der Waals surface area contributed by atoms with E-state index in [2.05, 4.69) is 42.5 Å². The highest BCUT2D eigenvalue weighted by Gasteiger charge is 2.26. The monoisotopic (exact) mass is 1030 g/mol. The van der Waals surface area contributed by atoms with Gasteiger partial charge in [0.05, 0.1) is 48.5 Å². The van der Waals surface area contributed by atoms with Gasteiger partial charge in [-0.1, -0.05) is 62.5 Å². The van der Waals surface area contributed by atoms with Crippen LogP contribution >= 0.6 is 77.7 Å². The van der Waals surface area contributed by atoms with E-state index in [1.54, 1.807) is 84.9 Å². The molecule has 59 heavy (non-hydrogen) atoms. The lowest BCUT2D eigenvalue weighted by atomic mass is 10.2. The largest absolute Gasteiger partial charge is 0.320 e. The number of carbonyl (C=O) groups is 2. The van der Waals surface area contributed by atoms with E-state index in [1.807, 2.05) is 12.1 Å². The number of amides is 2. The number of nitrogens with zero attached hydrogens (tertiary/aromatic N) is 4. The van der Waals surface area contributed by atoms with Gasteiger partial charge < -0.3 is 10.6 Å². The lowest BCUT2D eigenvalue weighted by Crippen LogP contribution is -2.26. The molecular weight excluding hydrogens is 1010 g/mol. The van der Waals surface area contributed by atoms with Crippen molar-refractivity contribution in [3.63, 3.8) is 0 Å². The SMILES string of the molecule is C.CN(c1ccc(Cl)cc1)S(=O)(=O)c1ccc(C(=O)Nc2ccc(Br)cc2C#N)s1.CN(c1ccc(Cl)cc1)S(=O)(=O)c1csc(C(=O)Nc2ccc(Br)cc2C#N)c1. The number of hydrogen-bond acceptors (Lipinski definition) is 10. The Morgan fingerprint density at radius 2 is 1.08 bits per heavy atom. The zero-order valence-electron chi connectivity index (χ0n) is 29.8. The smallest absolute Gasteiger partial charge is 0.273 e. The van der Waals surface area contributed by atoms with Gasteiger partial charge in [0.1, 0.15) is 16.3 Å². The minimum absolute atomic E-state index is 0. The van der Waals surface area contributed by atoms with Crippen molar-refractivity contribution in [3.05, 3.63) is 148 Å². The molecule has 0 radical (unpaired) electrons. The summed E-state index contributed by atoms with van der Waals surface area (Å²) in [6, 6.07) is 30.7. The fraction of sp³-hybridized carbons (Fsp3) is 0.0769. The summed E-state index contributed by atoms with van der Waals surface area (Å²) < 4.78 is 55.2. The number of rotatable bonds is 10. The molecule has 2 N–H and O–H groups in total. The minimum atomic E-state index is -3.85. The second-order valence-electron chi connectivity index (χ2n) is 11.7. The molecule has 2 heterocycles. The highest BCUT2D eigenvalue weighted by Crippen LogP contribution is 2.31. The first-order valence-corrected chi connectivity index (χ1v) is 23.1. The van der Waals surface area contributed by atoms with E-state index in [0.717, 1.165) is 31.3 Å². The van der Waals surface area contributed by atoms with Crippen molar-refractivity contribution in [2.24, 2.45) is 0 Å². The molecule has 4 aromatic carbocycles. The van der Waals surface area contributed by atoms with Crippen LogP contribution in [0.1, 0.15) is 37.9 Å². The van der Waals surface area contributed by atoms with Gasteiger partial charge >= 0.3 is 0 Å². The highest BCUT2D eigenvalue weighted by molar-refractivity contribution is 9.10. The Balaban J connectivity index is 0.000000256. The summed E-state index contributed by atoms with van der Waals surface area (Å²) in [5.41, 5.74) is 2.16. The van der Waals surface area contributed by atoms with Gasteiger partial charge in [-0.15, -0.1) is 22.7 Å². The van der Waals surface area contributed by atoms with Crippen LogP contribution in [-0.2, 0) is 20.0 Å². The number of anilines is 4. The van der Waals surface area contributed by atoms with E-state index in [9.17, 15) is 36.9 Å². The average molecular weight is 1040 g/mol. The molecule has 0 aliphatic rings. The van der Waals surface area contributed by atoms with E-state index < -0.39 is 31.9 Å². The zero-order chi connectivity index (χ0) is 42.4. The average Bonchev–Trinajstić information content (AvgIpc) is 3.92. The second-order valence-corrected chi connectivity index (χ2v) is 20.5. The number of benzene rings is 4. The summed E-state index contributed by atoms with van der Waals surface area (Å²) in [7, 11) is -4.83. The Hall–Kier alpha value is -4.76. The molecule has 0 saturated heterocycles. The maximum Gasteiger partial charge on any atom is 0.273 e. The maximum absolute atomic E-state index is 12.9. The zero-order valence-corrected chi connectivity index (χ0v) is 37.7. The summed E-state index contributed by atoms with van der Waals surface area (Å²) in [6.07, 6.45) is 0. The quantitative estimate of drug-likeness (QED) is 0.136. The van der Waals surface area contributed by atoms with Crippen LogP contribution in [0.4, 0.5) is 22.7 Å². The number of nitrogens with one attached hydrogen (secondary N) is 2. The normalized spacial score (nSPS) is 10.8. The molecule has 0 spiro atoms. The molecule has 0 saturated carbocycles. The van der Waals surface area contributed by atoms with E-state index in [0.29, 0.717) is 52.9 Å². The summed E-state index contributed by atoms with van der Waals surface area (Å²) in [5, 5.41) is 26.1. The molecule has 0 aliphatic heterocycles. The van der Waals surface area contributed by atoms with Crippen molar-refractivity contribution in [3.8, 4) is 12.1 Å². The fourth-order valence-electron chi connectivity index (χ4n) is 4.83. The molecular formula is C39H30Br2Cl2N6O6S4. The molecule has 6 rings (SSSR count). The minimum Gasteiger partial charge on any atom is -0.320 e. The summed E-state index contributed by atoms with van der Waals surface area (Å²) in [6.45, 7) is 0. The molecule has 0 aliphatic carbocycles. The summed E-state index contributed by atoms with van der Waals surface area (Å²) in [4.78, 5) is 25.5. The van der Waals surface area contributed by atoms with Crippen LogP contribution in [0, 0.1) is 22.7 Å². The lowest BCUT2D eigenvalue weighted by molar-refractivity contribution is 0.102. The Labute approximate surface area is 376 Å². The van der Waals surface area contributed by atoms with E-state index >= 15 is 0 Å². The van der Waals surface area contributed by atoms with E-state index in [4.69, 9.17) is 23.2 Å². The second kappa shape index (κ2) is 20.0. The van der Waals surface area contributed by atoms with Crippen molar-refractivity contribution in [1.82, 2.24) is 0 Å². The fourth-order valence-corrected chi connectivity index (χ4v) is 10.7. The topological polar surface area (TPSA) is 181 Å². The Bertz CT molecular complexity index is 2630. The first kappa shape index (κ1) is 46.9. The number of sulfonamides is 2. The van der Waals surface area contributed by atoms with Crippen LogP contribution in [0.25, 0.3) is 0 Å². The van der Waals surface area contributed by atoms with Gasteiger partial charge in [-0.05, 0) is 103 Å². The Morgan fingerprint density at radius 3 is 1.54 bits per heavy atom. The predicted molar refractivity (Wildman–Crippen MR) is 243 cm³/mol. The van der Waals surface area contributed by atoms with Crippen molar-refractivity contribution < 1.29 is 26.4 Å². The maximum atomic E-state index is 12.9. The van der Waals surface area contributed by atoms with Crippen molar-refractivity contribution in [1.29, 1.82) is 10.5 Å². The summed E-state index contributed by atoms with van der Waals surface area (Å²) in [5.74, 6) is -0.992. The van der Waals surface area contributed by atoms with Gasteiger partial charge in [0.2, 0.25) is 0 Å². The highest BCUT2D eigenvalue weighted by atomic mass is 79.9. The summed E-state index contributed by atoms with van der Waals surface area (Å²) >= 11 is 20.1. The van der Waals surface area contributed by atoms with Gasteiger partial charge in [0.15, 0.2) is 0 Å². The standard InChI is InChI=1S/2C19H13BrClN3O3S2.CH4/c1-24(15-5-3-14(21)4-6-15)29(26,27)16-9-18(28-11-16)19(25)23-17-7-2-13(20)8-12(17)10-22;1-24(15-5-3-14(21)4-6-15)29(26,27)18-9-8-17(28-18)19(25)23-16-7-2-13(20)10-12(16)11-22;/h2-9,11H,1H3,(H,23,25);2-10H,1H3,(H,23,25);1H4. The molecule has 2 aromatic heterocycles. The molecule has 304 valence electrons. The van der Waals surface area contributed by atoms with Gasteiger partial charge in [0, 0.05) is 38.5 Å². The first-order chi connectivity index (χ1) is 27.4. The van der Waals surface area contributed by atoms with Crippen LogP contribution in [-0.4, -0.2) is 42.7 Å². The van der Waals surface area contributed by atoms with E-state index in [1.165, 1.54) is 37.7 Å². The first-order valence-electron chi connectivity index (χ1n) is 16.1. The van der Waals surface area contributed by atoms with Crippen molar-refractivity contribution in [2.75, 3.05) is 33.3 Å². The van der Waals surface area contributed by atoms with Gasteiger partial charge in [-0.3, -0.25) is 18.2 Å². The third-order valence-corrected chi connectivity index (χ3v) is 15.6. The molecule has 2 amide bonds. The molecule has 12 nitrogen and oxygen atoms in total. The van der Waals surface area contributed by atoms with Crippen LogP contribution in [0.5, 0.6) is 0 Å². The van der Waals surface area contributed by atoms with Gasteiger partial charge in [-0.25, -0.2) is 16.8 Å². The molecule has 20 heteroatoms. The Kier molecular flexibility index (Phi) is 15.9. The number of carbonyl (C=O) groups excluding carboxylic acids is 2. The third kappa shape index (κ3) is 11.3. The van der Waals surface area contributed by atoms with Crippen molar-refractivity contribution >= 4 is 132 Å². The molecule has 0 fully saturated rings. The molecule has 0 atom stereocenters. The van der Waals surface area contributed by atoms with Crippen LogP contribution < -0.4 is 19.2 Å². The predicted octanol–water partition coefficient (Wildman–Crippen LogP) is 10.9. The van der Waals surface area contributed by atoms with Gasteiger partial charge in [-0.2, -0.15) is 10.5 Å². The van der Waals surface area contributed by atoms with Gasteiger partial charge in [0.25, 0.3) is 31.9 Å². The van der Waals surface area contributed by atoms with Crippen molar-refractivity contribution in [2.45, 2.75) is 16.5 Å².